The van der Waals surface area contributed by atoms with Crippen molar-refractivity contribution >= 4 is 38.9 Å². The average molecular weight is 459 g/mol. The van der Waals surface area contributed by atoms with Gasteiger partial charge in [0.05, 0.1) is 28.9 Å². The van der Waals surface area contributed by atoms with Crippen LogP contribution in [-0.4, -0.2) is 63.8 Å². The van der Waals surface area contributed by atoms with Gasteiger partial charge in [-0.25, -0.2) is 22.8 Å². The van der Waals surface area contributed by atoms with Crippen molar-refractivity contribution < 1.29 is 13.2 Å². The van der Waals surface area contributed by atoms with E-state index in [1.165, 1.54) is 33.3 Å². The zero-order valence-electron chi connectivity index (χ0n) is 16.9. The lowest BCUT2D eigenvalue weighted by Crippen LogP contribution is -2.55. The standard InChI is InChI=1S/C20H19ClN6O3S/c1-13-8-16(22-3)4-5-18(13)31(29,30)25-6-7-26(14(2)11-25)20(28)17-10-24-27-12-15(21)9-23-19(17)27/h4-5,8-10,12,14H,6-7,11H2,1-2H3/t14-/m0/s1. The number of aromatic nitrogens is 3. The van der Waals surface area contributed by atoms with Crippen LogP contribution >= 0.6 is 11.6 Å². The zero-order chi connectivity index (χ0) is 22.3. The molecular formula is C20H19ClN6O3S. The predicted octanol–water partition coefficient (Wildman–Crippen LogP) is 2.78. The first-order valence-corrected chi connectivity index (χ1v) is 11.3. The molecule has 31 heavy (non-hydrogen) atoms. The summed E-state index contributed by atoms with van der Waals surface area (Å²) in [5, 5.41) is 4.54. The minimum atomic E-state index is -3.74. The second-order valence-corrected chi connectivity index (χ2v) is 9.71. The summed E-state index contributed by atoms with van der Waals surface area (Å²) < 4.78 is 29.2. The van der Waals surface area contributed by atoms with Crippen LogP contribution in [0.15, 0.2) is 41.7 Å². The van der Waals surface area contributed by atoms with Gasteiger partial charge in [-0.2, -0.15) is 9.40 Å². The van der Waals surface area contributed by atoms with Gasteiger partial charge in [-0.15, -0.1) is 0 Å². The Balaban J connectivity index is 1.55. The molecule has 0 N–H and O–H groups in total. The Labute approximate surface area is 184 Å². The number of halogens is 1. The van der Waals surface area contributed by atoms with E-state index in [0.717, 1.165) is 0 Å². The zero-order valence-corrected chi connectivity index (χ0v) is 18.4. The number of fused-ring (bicyclic) bond motifs is 1. The molecule has 11 heteroatoms. The van der Waals surface area contributed by atoms with Gasteiger partial charge in [0.25, 0.3) is 5.91 Å². The van der Waals surface area contributed by atoms with Crippen molar-refractivity contribution in [1.29, 1.82) is 0 Å². The molecule has 0 unspecified atom stereocenters. The number of sulfonamides is 1. The van der Waals surface area contributed by atoms with Crippen molar-refractivity contribution in [1.82, 2.24) is 23.8 Å². The van der Waals surface area contributed by atoms with Crippen LogP contribution in [0.25, 0.3) is 10.5 Å². The molecular weight excluding hydrogens is 440 g/mol. The molecule has 0 spiro atoms. The molecule has 0 saturated carbocycles. The highest BCUT2D eigenvalue weighted by atomic mass is 35.5. The van der Waals surface area contributed by atoms with E-state index in [9.17, 15) is 13.2 Å². The van der Waals surface area contributed by atoms with E-state index in [2.05, 4.69) is 14.9 Å². The number of aryl methyl sites for hydroxylation is 1. The maximum Gasteiger partial charge on any atom is 0.259 e. The van der Waals surface area contributed by atoms with E-state index < -0.39 is 10.0 Å². The SMILES string of the molecule is [C-]#[N+]c1ccc(S(=O)(=O)N2CCN(C(=O)c3cnn4cc(Cl)cnc34)[C@@H](C)C2)c(C)c1. The fraction of sp³-hybridized carbons (Fsp3) is 0.300. The first-order chi connectivity index (χ1) is 14.7. The number of hydrogen-bond acceptors (Lipinski definition) is 5. The van der Waals surface area contributed by atoms with Crippen LogP contribution in [0.2, 0.25) is 5.02 Å². The third-order valence-corrected chi connectivity index (χ3v) is 7.53. The predicted molar refractivity (Wildman–Crippen MR) is 115 cm³/mol. The summed E-state index contributed by atoms with van der Waals surface area (Å²) in [7, 11) is -3.74. The fourth-order valence-electron chi connectivity index (χ4n) is 3.73. The van der Waals surface area contributed by atoms with Crippen molar-refractivity contribution in [2.24, 2.45) is 0 Å². The number of carbonyl (C=O) groups is 1. The minimum absolute atomic E-state index is 0.163. The second-order valence-electron chi connectivity index (χ2n) is 7.37. The molecule has 1 aromatic carbocycles. The Morgan fingerprint density at radius 1 is 1.29 bits per heavy atom. The Morgan fingerprint density at radius 3 is 2.74 bits per heavy atom. The van der Waals surface area contributed by atoms with Crippen LogP contribution in [0.5, 0.6) is 0 Å². The second kappa shape index (κ2) is 7.92. The third-order valence-electron chi connectivity index (χ3n) is 5.31. The molecule has 1 aliphatic rings. The van der Waals surface area contributed by atoms with Crippen molar-refractivity contribution in [3.8, 4) is 0 Å². The van der Waals surface area contributed by atoms with Crippen LogP contribution < -0.4 is 0 Å². The third kappa shape index (κ3) is 3.76. The molecule has 9 nitrogen and oxygen atoms in total. The maximum atomic E-state index is 13.2. The summed E-state index contributed by atoms with van der Waals surface area (Å²) in [6.07, 6.45) is 4.46. The molecule has 1 fully saturated rings. The largest absolute Gasteiger partial charge is 0.333 e. The Hall–Kier alpha value is -3.00. The van der Waals surface area contributed by atoms with Crippen molar-refractivity contribution in [2.75, 3.05) is 19.6 Å². The highest BCUT2D eigenvalue weighted by molar-refractivity contribution is 7.89. The lowest BCUT2D eigenvalue weighted by molar-refractivity contribution is 0.0593. The van der Waals surface area contributed by atoms with Gasteiger partial charge >= 0.3 is 0 Å². The lowest BCUT2D eigenvalue weighted by Gasteiger charge is -2.39. The normalized spacial score (nSPS) is 17.6. The van der Waals surface area contributed by atoms with E-state index in [1.54, 1.807) is 24.1 Å². The Kier molecular flexibility index (Phi) is 5.43. The summed E-state index contributed by atoms with van der Waals surface area (Å²) in [6, 6.07) is 4.19. The number of carbonyl (C=O) groups excluding carboxylic acids is 1. The number of piperazine rings is 1. The number of hydrogen-bond donors (Lipinski definition) is 0. The quantitative estimate of drug-likeness (QED) is 0.563. The summed E-state index contributed by atoms with van der Waals surface area (Å²) in [6.45, 7) is 11.1. The first kappa shape index (κ1) is 21.2. The Morgan fingerprint density at radius 2 is 2.06 bits per heavy atom. The average Bonchev–Trinajstić information content (AvgIpc) is 3.15. The van der Waals surface area contributed by atoms with E-state index >= 15 is 0 Å². The van der Waals surface area contributed by atoms with Crippen LogP contribution in [0.3, 0.4) is 0 Å². The van der Waals surface area contributed by atoms with E-state index in [1.807, 2.05) is 6.92 Å². The number of rotatable bonds is 3. The van der Waals surface area contributed by atoms with Gasteiger partial charge in [0.2, 0.25) is 10.0 Å². The van der Waals surface area contributed by atoms with Gasteiger partial charge in [-0.3, -0.25) is 4.79 Å². The molecule has 1 aliphatic heterocycles. The maximum absolute atomic E-state index is 13.2. The smallest absolute Gasteiger partial charge is 0.259 e. The van der Waals surface area contributed by atoms with E-state index in [4.69, 9.17) is 18.2 Å². The number of amides is 1. The van der Waals surface area contributed by atoms with Crippen molar-refractivity contribution in [2.45, 2.75) is 24.8 Å². The summed E-state index contributed by atoms with van der Waals surface area (Å²) in [4.78, 5) is 22.5. The van der Waals surface area contributed by atoms with Crippen LogP contribution in [0.1, 0.15) is 22.8 Å². The fourth-order valence-corrected chi connectivity index (χ4v) is 5.59. The molecule has 1 saturated heterocycles. The molecule has 0 bridgehead atoms. The van der Waals surface area contributed by atoms with Crippen molar-refractivity contribution in [3.05, 3.63) is 64.4 Å². The summed E-state index contributed by atoms with van der Waals surface area (Å²) in [5.74, 6) is -0.257. The lowest BCUT2D eigenvalue weighted by atomic mass is 10.2. The highest BCUT2D eigenvalue weighted by Crippen LogP contribution is 2.27. The topological polar surface area (TPSA) is 92.2 Å². The number of benzene rings is 1. The monoisotopic (exact) mass is 458 g/mol. The molecule has 1 amide bonds. The summed E-state index contributed by atoms with van der Waals surface area (Å²) in [5.41, 5.74) is 1.65. The molecule has 1 atom stereocenters. The van der Waals surface area contributed by atoms with Gasteiger partial charge < -0.3 is 4.90 Å². The molecule has 3 heterocycles. The van der Waals surface area contributed by atoms with E-state index in [0.29, 0.717) is 27.5 Å². The summed E-state index contributed by atoms with van der Waals surface area (Å²) >= 11 is 5.92. The molecule has 0 aliphatic carbocycles. The van der Waals surface area contributed by atoms with Gasteiger partial charge in [-0.1, -0.05) is 29.8 Å². The highest BCUT2D eigenvalue weighted by Gasteiger charge is 2.36. The van der Waals surface area contributed by atoms with Crippen LogP contribution in [0.4, 0.5) is 5.69 Å². The van der Waals surface area contributed by atoms with Gasteiger partial charge in [0.1, 0.15) is 5.56 Å². The van der Waals surface area contributed by atoms with Crippen molar-refractivity contribution in [3.63, 3.8) is 0 Å². The first-order valence-electron chi connectivity index (χ1n) is 9.50. The molecule has 2 aromatic heterocycles. The van der Waals surface area contributed by atoms with Gasteiger partial charge in [-0.05, 0) is 19.4 Å². The molecule has 3 aromatic rings. The molecule has 4 rings (SSSR count). The molecule has 0 radical (unpaired) electrons. The number of nitrogens with zero attached hydrogens (tertiary/aromatic N) is 6. The van der Waals surface area contributed by atoms with Crippen LogP contribution in [0, 0.1) is 13.5 Å². The van der Waals surface area contributed by atoms with Gasteiger partial charge in [0.15, 0.2) is 11.3 Å². The molecule has 160 valence electrons. The van der Waals surface area contributed by atoms with Gasteiger partial charge in [0, 0.05) is 31.9 Å². The Bertz CT molecular complexity index is 1330. The van der Waals surface area contributed by atoms with Crippen LogP contribution in [-0.2, 0) is 10.0 Å². The van der Waals surface area contributed by atoms with E-state index in [-0.39, 0.29) is 36.5 Å². The minimum Gasteiger partial charge on any atom is -0.333 e.